The lowest BCUT2D eigenvalue weighted by Crippen LogP contribution is -2.34. The number of hydrogen-bond donors (Lipinski definition) is 1. The summed E-state index contributed by atoms with van der Waals surface area (Å²) in [5, 5.41) is 0. The van der Waals surface area contributed by atoms with Gasteiger partial charge in [0.05, 0.1) is 0 Å². The molecule has 17 heavy (non-hydrogen) atoms. The standard InChI is InChI=1S/C15H26N2/c1-15(2,3)13-8-6-12(7-9-13)10-14(16)11-17(4)5/h6-9,14H,10-11,16H2,1-5H3. The first kappa shape index (κ1) is 14.2. The molecule has 0 aliphatic rings. The highest BCUT2D eigenvalue weighted by molar-refractivity contribution is 5.27. The largest absolute Gasteiger partial charge is 0.326 e. The Hall–Kier alpha value is -0.860. The van der Waals surface area contributed by atoms with Gasteiger partial charge in [-0.2, -0.15) is 0 Å². The van der Waals surface area contributed by atoms with Crippen LogP contribution in [0, 0.1) is 0 Å². The van der Waals surface area contributed by atoms with E-state index in [1.54, 1.807) is 0 Å². The van der Waals surface area contributed by atoms with Crippen molar-refractivity contribution in [3.8, 4) is 0 Å². The van der Waals surface area contributed by atoms with E-state index in [9.17, 15) is 0 Å². The maximum Gasteiger partial charge on any atom is 0.0208 e. The molecular formula is C15H26N2. The van der Waals surface area contributed by atoms with Crippen LogP contribution >= 0.6 is 0 Å². The number of nitrogens with zero attached hydrogens (tertiary/aromatic N) is 1. The van der Waals surface area contributed by atoms with Gasteiger partial charge in [0.1, 0.15) is 0 Å². The zero-order chi connectivity index (χ0) is 13.1. The fraction of sp³-hybridized carbons (Fsp3) is 0.600. The molecule has 1 rings (SSSR count). The highest BCUT2D eigenvalue weighted by Crippen LogP contribution is 2.22. The maximum absolute atomic E-state index is 6.09. The van der Waals surface area contributed by atoms with Gasteiger partial charge in [-0.05, 0) is 37.1 Å². The minimum atomic E-state index is 0.213. The van der Waals surface area contributed by atoms with Crippen LogP contribution in [0.5, 0.6) is 0 Å². The van der Waals surface area contributed by atoms with E-state index in [0.29, 0.717) is 0 Å². The van der Waals surface area contributed by atoms with Gasteiger partial charge >= 0.3 is 0 Å². The molecule has 2 nitrogen and oxygen atoms in total. The molecule has 0 radical (unpaired) electrons. The molecule has 1 aromatic rings. The Morgan fingerprint density at radius 1 is 1.12 bits per heavy atom. The first-order valence-electron chi connectivity index (χ1n) is 6.29. The van der Waals surface area contributed by atoms with Crippen LogP contribution in [-0.4, -0.2) is 31.6 Å². The van der Waals surface area contributed by atoms with Gasteiger partial charge in [0, 0.05) is 12.6 Å². The first-order valence-corrected chi connectivity index (χ1v) is 6.29. The summed E-state index contributed by atoms with van der Waals surface area (Å²) in [5.41, 5.74) is 9.02. The van der Waals surface area contributed by atoms with Crippen molar-refractivity contribution in [2.75, 3.05) is 20.6 Å². The molecule has 1 aromatic carbocycles. The summed E-state index contributed by atoms with van der Waals surface area (Å²) in [6.07, 6.45) is 0.947. The van der Waals surface area contributed by atoms with Crippen LogP contribution in [0.15, 0.2) is 24.3 Å². The van der Waals surface area contributed by atoms with Crippen molar-refractivity contribution in [1.82, 2.24) is 4.90 Å². The van der Waals surface area contributed by atoms with E-state index in [0.717, 1.165) is 13.0 Å². The lowest BCUT2D eigenvalue weighted by atomic mass is 9.86. The fourth-order valence-electron chi connectivity index (χ4n) is 1.98. The molecule has 0 aliphatic heterocycles. The third-order valence-electron chi connectivity index (χ3n) is 2.92. The quantitative estimate of drug-likeness (QED) is 0.867. The zero-order valence-electron chi connectivity index (χ0n) is 11.8. The van der Waals surface area contributed by atoms with Gasteiger partial charge in [-0.25, -0.2) is 0 Å². The Labute approximate surface area is 106 Å². The molecule has 2 heteroatoms. The molecule has 0 aromatic heterocycles. The van der Waals surface area contributed by atoms with Crippen molar-refractivity contribution in [1.29, 1.82) is 0 Å². The molecule has 0 heterocycles. The summed E-state index contributed by atoms with van der Waals surface area (Å²) in [7, 11) is 4.12. The second-order valence-corrected chi connectivity index (χ2v) is 6.17. The Morgan fingerprint density at radius 2 is 1.65 bits per heavy atom. The predicted molar refractivity (Wildman–Crippen MR) is 75.4 cm³/mol. The molecule has 0 fully saturated rings. The van der Waals surface area contributed by atoms with E-state index >= 15 is 0 Å². The molecule has 96 valence electrons. The van der Waals surface area contributed by atoms with E-state index < -0.39 is 0 Å². The number of hydrogen-bond acceptors (Lipinski definition) is 2. The zero-order valence-corrected chi connectivity index (χ0v) is 11.8. The molecule has 1 atom stereocenters. The molecule has 1 unspecified atom stereocenters. The summed E-state index contributed by atoms with van der Waals surface area (Å²) >= 11 is 0. The van der Waals surface area contributed by atoms with Crippen LogP contribution in [0.1, 0.15) is 31.9 Å². The molecule has 0 amide bonds. The Kier molecular flexibility index (Phi) is 4.72. The SMILES string of the molecule is CN(C)CC(N)Cc1ccc(C(C)(C)C)cc1. The second kappa shape index (κ2) is 5.65. The Bertz CT molecular complexity index is 333. The lowest BCUT2D eigenvalue weighted by molar-refractivity contribution is 0.371. The molecule has 0 saturated carbocycles. The molecule has 2 N–H and O–H groups in total. The van der Waals surface area contributed by atoms with Gasteiger partial charge in [0.25, 0.3) is 0 Å². The predicted octanol–water partition coefficient (Wildman–Crippen LogP) is 2.42. The first-order chi connectivity index (χ1) is 7.79. The molecule has 0 aliphatic carbocycles. The van der Waals surface area contributed by atoms with Gasteiger partial charge in [-0.1, -0.05) is 45.0 Å². The fourth-order valence-corrected chi connectivity index (χ4v) is 1.98. The summed E-state index contributed by atoms with van der Waals surface area (Å²) in [6.45, 7) is 7.64. The third-order valence-corrected chi connectivity index (χ3v) is 2.92. The van der Waals surface area contributed by atoms with Gasteiger partial charge in [0.15, 0.2) is 0 Å². The summed E-state index contributed by atoms with van der Waals surface area (Å²) < 4.78 is 0. The number of rotatable bonds is 4. The topological polar surface area (TPSA) is 29.3 Å². The summed E-state index contributed by atoms with van der Waals surface area (Å²) in [5.74, 6) is 0. The number of nitrogens with two attached hydrogens (primary N) is 1. The van der Waals surface area contributed by atoms with Crippen LogP contribution < -0.4 is 5.73 Å². The van der Waals surface area contributed by atoms with E-state index in [4.69, 9.17) is 5.73 Å². The van der Waals surface area contributed by atoms with Crippen molar-refractivity contribution in [3.63, 3.8) is 0 Å². The molecule has 0 spiro atoms. The molecular weight excluding hydrogens is 208 g/mol. The van der Waals surface area contributed by atoms with Crippen LogP contribution in [0.2, 0.25) is 0 Å². The van der Waals surface area contributed by atoms with Crippen LogP contribution in [0.3, 0.4) is 0 Å². The highest BCUT2D eigenvalue weighted by atomic mass is 15.1. The monoisotopic (exact) mass is 234 g/mol. The lowest BCUT2D eigenvalue weighted by Gasteiger charge is -2.20. The van der Waals surface area contributed by atoms with Crippen molar-refractivity contribution in [2.45, 2.75) is 38.6 Å². The summed E-state index contributed by atoms with van der Waals surface area (Å²) in [6, 6.07) is 9.06. The van der Waals surface area contributed by atoms with Crippen LogP contribution in [0.25, 0.3) is 0 Å². The van der Waals surface area contributed by atoms with Gasteiger partial charge < -0.3 is 10.6 Å². The second-order valence-electron chi connectivity index (χ2n) is 6.17. The number of benzene rings is 1. The smallest absolute Gasteiger partial charge is 0.0208 e. The van der Waals surface area contributed by atoms with E-state index in [1.165, 1.54) is 11.1 Å². The van der Waals surface area contributed by atoms with Crippen molar-refractivity contribution >= 4 is 0 Å². The van der Waals surface area contributed by atoms with Gasteiger partial charge in [-0.15, -0.1) is 0 Å². The minimum absolute atomic E-state index is 0.213. The Morgan fingerprint density at radius 3 is 2.06 bits per heavy atom. The van der Waals surface area contributed by atoms with Crippen molar-refractivity contribution in [2.24, 2.45) is 5.73 Å². The minimum Gasteiger partial charge on any atom is -0.326 e. The van der Waals surface area contributed by atoms with Gasteiger partial charge in [0.2, 0.25) is 0 Å². The number of likely N-dealkylation sites (N-methyl/N-ethyl adjacent to an activating group) is 1. The maximum atomic E-state index is 6.09. The van der Waals surface area contributed by atoms with Crippen molar-refractivity contribution in [3.05, 3.63) is 35.4 Å². The average Bonchev–Trinajstić information content (AvgIpc) is 2.15. The van der Waals surface area contributed by atoms with E-state index in [1.807, 2.05) is 0 Å². The Balaban J connectivity index is 2.63. The van der Waals surface area contributed by atoms with E-state index in [2.05, 4.69) is 64.0 Å². The van der Waals surface area contributed by atoms with Crippen molar-refractivity contribution < 1.29 is 0 Å². The third kappa shape index (κ3) is 4.88. The highest BCUT2D eigenvalue weighted by Gasteiger charge is 2.13. The normalized spacial score (nSPS) is 14.1. The molecule has 0 saturated heterocycles. The van der Waals surface area contributed by atoms with Crippen LogP contribution in [-0.2, 0) is 11.8 Å². The average molecular weight is 234 g/mol. The van der Waals surface area contributed by atoms with Crippen LogP contribution in [0.4, 0.5) is 0 Å². The van der Waals surface area contributed by atoms with E-state index in [-0.39, 0.29) is 11.5 Å². The van der Waals surface area contributed by atoms with Gasteiger partial charge in [-0.3, -0.25) is 0 Å². The molecule has 0 bridgehead atoms. The summed E-state index contributed by atoms with van der Waals surface area (Å²) in [4.78, 5) is 2.13.